The number of benzene rings is 1. The Hall–Kier alpha value is -3.78. The molecule has 1 aromatic carbocycles. The van der Waals surface area contributed by atoms with E-state index in [9.17, 15) is 13.9 Å². The molecule has 194 valence electrons. The molecule has 0 amide bonds. The monoisotopic (exact) mass is 524 g/mol. The minimum atomic E-state index is -2.69. The van der Waals surface area contributed by atoms with Gasteiger partial charge in [0.05, 0.1) is 37.8 Å². The van der Waals surface area contributed by atoms with Gasteiger partial charge in [-0.3, -0.25) is 23.7 Å². The van der Waals surface area contributed by atoms with Crippen molar-refractivity contribution in [3.8, 4) is 28.6 Å². The lowest BCUT2D eigenvalue weighted by Crippen LogP contribution is -2.39. The van der Waals surface area contributed by atoms with E-state index in [0.717, 1.165) is 5.56 Å². The van der Waals surface area contributed by atoms with Crippen LogP contribution in [0.5, 0.6) is 11.5 Å². The number of methoxy groups -OCH3 is 2. The maximum absolute atomic E-state index is 11.7. The number of ether oxygens (including phenoxy) is 2. The Morgan fingerprint density at radius 3 is 2.41 bits per heavy atom. The number of nitrogens with one attached hydrogen (secondary N) is 1. The number of para-hydroxylation sites is 1. The molecule has 3 heterocycles. The van der Waals surface area contributed by atoms with Crippen molar-refractivity contribution in [1.29, 1.82) is 0 Å². The van der Waals surface area contributed by atoms with Gasteiger partial charge < -0.3 is 19.1 Å². The van der Waals surface area contributed by atoms with Gasteiger partial charge in [0.1, 0.15) is 29.1 Å². The van der Waals surface area contributed by atoms with E-state index in [0.29, 0.717) is 40.1 Å². The van der Waals surface area contributed by atoms with Crippen LogP contribution in [0.15, 0.2) is 49.1 Å². The van der Waals surface area contributed by atoms with Crippen molar-refractivity contribution in [1.82, 2.24) is 34.4 Å². The maximum Gasteiger partial charge on any atom is 0.170 e. The first-order chi connectivity index (χ1) is 17.8. The highest BCUT2D eigenvalue weighted by Gasteiger charge is 2.29. The van der Waals surface area contributed by atoms with E-state index < -0.39 is 23.4 Å². The molecular weight excluding hydrogens is 498 g/mol. The summed E-state index contributed by atoms with van der Waals surface area (Å²) < 4.78 is 38.7. The highest BCUT2D eigenvalue weighted by atomic mass is 32.2. The molecule has 0 saturated carbocycles. The van der Waals surface area contributed by atoms with E-state index in [1.165, 1.54) is 26.6 Å². The van der Waals surface area contributed by atoms with Crippen molar-refractivity contribution in [3.63, 3.8) is 0 Å². The van der Waals surface area contributed by atoms with Crippen LogP contribution >= 0.6 is 0 Å². The van der Waals surface area contributed by atoms with Crippen molar-refractivity contribution < 1.29 is 23.3 Å². The van der Waals surface area contributed by atoms with Crippen LogP contribution in [-0.2, 0) is 17.7 Å². The van der Waals surface area contributed by atoms with Crippen LogP contribution in [0, 0.1) is 13.8 Å². The minimum absolute atomic E-state index is 0.0574. The van der Waals surface area contributed by atoms with E-state index in [4.69, 9.17) is 9.47 Å². The highest BCUT2D eigenvalue weighted by Crippen LogP contribution is 2.36. The zero-order valence-corrected chi connectivity index (χ0v) is 21.5. The van der Waals surface area contributed by atoms with E-state index in [1.807, 2.05) is 13.0 Å². The number of aryl methyl sites for hydroxylation is 2. The van der Waals surface area contributed by atoms with Crippen LogP contribution in [0.4, 0.5) is 0 Å². The largest absolute Gasteiger partial charge is 0.760 e. The molecule has 0 aliphatic carbocycles. The molecule has 3 aromatic heterocycles. The van der Waals surface area contributed by atoms with Gasteiger partial charge in [-0.25, -0.2) is 4.72 Å². The van der Waals surface area contributed by atoms with Gasteiger partial charge in [-0.15, -0.1) is 10.2 Å². The van der Waals surface area contributed by atoms with Gasteiger partial charge in [0.2, 0.25) is 0 Å². The van der Waals surface area contributed by atoms with Gasteiger partial charge in [-0.2, -0.15) is 0 Å². The fourth-order valence-electron chi connectivity index (χ4n) is 3.90. The molecule has 0 aliphatic rings. The Labute approximate surface area is 216 Å². The summed E-state index contributed by atoms with van der Waals surface area (Å²) in [5.41, 5.74) is 2.96. The second-order valence-electron chi connectivity index (χ2n) is 8.23. The Kier molecular flexibility index (Phi) is 8.18. The summed E-state index contributed by atoms with van der Waals surface area (Å²) in [6, 6.07) is 6.17. The fourth-order valence-corrected chi connectivity index (χ4v) is 4.36. The van der Waals surface area contributed by atoms with E-state index >= 15 is 0 Å². The standard InChI is InChI=1S/C24H27N7O5S/c1-14-8-16(12-25-10-14)24-29-28-21(31(24)22-19(35-3)6-5-7-20(22)36-4)9-17(30-37(33)34)23(32)18-13-26-15(2)11-27-18/h5-8,10-13,17,23,30,32H,9H2,1-4H3,(H,33,34)/p-1/t17-,23-/m0/s1. The third-order valence-electron chi connectivity index (χ3n) is 5.62. The van der Waals surface area contributed by atoms with E-state index in [1.54, 1.807) is 42.1 Å². The molecule has 3 atom stereocenters. The third-order valence-corrected chi connectivity index (χ3v) is 6.12. The number of hydrogen-bond donors (Lipinski definition) is 2. The lowest BCUT2D eigenvalue weighted by atomic mass is 10.0. The number of nitrogens with zero attached hydrogens (tertiary/aromatic N) is 6. The van der Waals surface area contributed by atoms with Crippen LogP contribution in [0.1, 0.15) is 28.9 Å². The molecular formula is C24H26N7O5S-. The normalized spacial score (nSPS) is 13.7. The second-order valence-corrected chi connectivity index (χ2v) is 8.93. The second kappa shape index (κ2) is 11.5. The van der Waals surface area contributed by atoms with Gasteiger partial charge in [0, 0.05) is 41.8 Å². The summed E-state index contributed by atoms with van der Waals surface area (Å²) in [6.45, 7) is 3.67. The third kappa shape index (κ3) is 5.80. The summed E-state index contributed by atoms with van der Waals surface area (Å²) in [6.07, 6.45) is 4.89. The molecule has 37 heavy (non-hydrogen) atoms. The number of aromatic nitrogens is 6. The van der Waals surface area contributed by atoms with Crippen molar-refractivity contribution in [2.75, 3.05) is 14.2 Å². The summed E-state index contributed by atoms with van der Waals surface area (Å²) in [7, 11) is 3.06. The smallest absolute Gasteiger partial charge is 0.170 e. The summed E-state index contributed by atoms with van der Waals surface area (Å²) in [5, 5.41) is 19.8. The Bertz CT molecular complexity index is 1370. The van der Waals surface area contributed by atoms with Crippen LogP contribution in [-0.4, -0.2) is 63.8 Å². The molecule has 4 rings (SSSR count). The lowest BCUT2D eigenvalue weighted by Gasteiger charge is -2.25. The molecule has 0 radical (unpaired) electrons. The Morgan fingerprint density at radius 1 is 1.08 bits per heavy atom. The topological polar surface area (TPSA) is 160 Å². The highest BCUT2D eigenvalue weighted by molar-refractivity contribution is 7.77. The molecule has 0 spiro atoms. The molecule has 13 heteroatoms. The van der Waals surface area contributed by atoms with E-state index in [-0.39, 0.29) is 12.1 Å². The quantitative estimate of drug-likeness (QED) is 0.293. The maximum atomic E-state index is 11.7. The molecule has 0 saturated heterocycles. The molecule has 1 unspecified atom stereocenters. The number of pyridine rings is 1. The number of aliphatic hydroxyl groups is 1. The van der Waals surface area contributed by atoms with Gasteiger partial charge in [0.25, 0.3) is 0 Å². The first-order valence-electron chi connectivity index (χ1n) is 11.2. The molecule has 4 aromatic rings. The predicted octanol–water partition coefficient (Wildman–Crippen LogP) is 1.78. The van der Waals surface area contributed by atoms with Gasteiger partial charge in [-0.1, -0.05) is 6.07 Å². The van der Waals surface area contributed by atoms with Crippen molar-refractivity contribution in [2.24, 2.45) is 0 Å². The molecule has 0 bridgehead atoms. The van der Waals surface area contributed by atoms with Crippen molar-refractivity contribution >= 4 is 11.3 Å². The summed E-state index contributed by atoms with van der Waals surface area (Å²) in [4.78, 5) is 12.6. The minimum Gasteiger partial charge on any atom is -0.760 e. The van der Waals surface area contributed by atoms with Crippen LogP contribution in [0.25, 0.3) is 17.1 Å². The Morgan fingerprint density at radius 2 is 1.81 bits per heavy atom. The van der Waals surface area contributed by atoms with Crippen molar-refractivity contribution in [2.45, 2.75) is 32.4 Å². The summed E-state index contributed by atoms with van der Waals surface area (Å²) in [5.74, 6) is 1.72. The van der Waals surface area contributed by atoms with Gasteiger partial charge >= 0.3 is 0 Å². The number of aliphatic hydroxyl groups excluding tert-OH is 1. The molecule has 12 nitrogen and oxygen atoms in total. The zero-order valence-electron chi connectivity index (χ0n) is 20.7. The zero-order chi connectivity index (χ0) is 26.5. The Balaban J connectivity index is 1.88. The average Bonchev–Trinajstić information content (AvgIpc) is 3.30. The lowest BCUT2D eigenvalue weighted by molar-refractivity contribution is 0.132. The van der Waals surface area contributed by atoms with E-state index in [2.05, 4.69) is 29.9 Å². The van der Waals surface area contributed by atoms with Crippen LogP contribution in [0.3, 0.4) is 0 Å². The first kappa shape index (κ1) is 26.3. The average molecular weight is 525 g/mol. The van der Waals surface area contributed by atoms with Crippen molar-refractivity contribution in [3.05, 3.63) is 71.8 Å². The fraction of sp³-hybridized carbons (Fsp3) is 0.292. The molecule has 2 N–H and O–H groups in total. The summed E-state index contributed by atoms with van der Waals surface area (Å²) >= 11 is -2.69. The van der Waals surface area contributed by atoms with Gasteiger partial charge in [-0.05, 0) is 37.6 Å². The van der Waals surface area contributed by atoms with Gasteiger partial charge in [0.15, 0.2) is 5.82 Å². The molecule has 0 aliphatic heterocycles. The van der Waals surface area contributed by atoms with Crippen LogP contribution < -0.4 is 14.2 Å². The first-order valence-corrected chi connectivity index (χ1v) is 12.3. The van der Waals surface area contributed by atoms with Crippen LogP contribution in [0.2, 0.25) is 0 Å². The number of rotatable bonds is 10. The predicted molar refractivity (Wildman–Crippen MR) is 134 cm³/mol. The molecule has 0 fully saturated rings. The number of hydrogen-bond acceptors (Lipinski definition) is 10. The SMILES string of the molecule is COc1cccc(OC)c1-n1c(C[C@H](NS(=O)[O-])[C@H](O)c2cnc(C)cn2)nnc1-c1cncc(C)c1.